The van der Waals surface area contributed by atoms with Gasteiger partial charge in [0.1, 0.15) is 18.1 Å². The maximum atomic E-state index is 10.9. The molecule has 1 aliphatic heterocycles. The molecule has 0 saturated carbocycles. The Bertz CT molecular complexity index is 1130. The van der Waals surface area contributed by atoms with Gasteiger partial charge in [-0.1, -0.05) is 24.3 Å². The van der Waals surface area contributed by atoms with Crippen molar-refractivity contribution >= 4 is 10.9 Å². The van der Waals surface area contributed by atoms with Gasteiger partial charge in [0.2, 0.25) is 0 Å². The standard InChI is InChI=1S/C23H21N3O3/c27-23-17(12-26-10-9-24-15-26)13-29-22-8-7-19(11-20(22)23)28-14-18-6-5-16-3-1-2-4-21(16)25-18/h1-11,15,17,23,27H,12-14H2/t17-,23+/m1/s1. The SMILES string of the molecule is O[C@@H]1c2cc(OCc3ccc4ccccc4n3)ccc2OC[C@H]1Cn1ccnc1. The van der Waals surface area contributed by atoms with Crippen molar-refractivity contribution in [3.8, 4) is 11.5 Å². The first-order valence-electron chi connectivity index (χ1n) is 9.64. The summed E-state index contributed by atoms with van der Waals surface area (Å²) in [5, 5.41) is 12.0. The summed E-state index contributed by atoms with van der Waals surface area (Å²) in [5.74, 6) is 1.34. The third-order valence-corrected chi connectivity index (χ3v) is 5.25. The van der Waals surface area contributed by atoms with Crippen LogP contribution in [0.2, 0.25) is 0 Å². The van der Waals surface area contributed by atoms with Gasteiger partial charge < -0.3 is 19.1 Å². The van der Waals surface area contributed by atoms with E-state index in [4.69, 9.17) is 9.47 Å². The third kappa shape index (κ3) is 3.67. The Hall–Kier alpha value is -3.38. The third-order valence-electron chi connectivity index (χ3n) is 5.25. The zero-order chi connectivity index (χ0) is 19.6. The minimum Gasteiger partial charge on any atom is -0.493 e. The summed E-state index contributed by atoms with van der Waals surface area (Å²) in [7, 11) is 0. The van der Waals surface area contributed by atoms with E-state index < -0.39 is 6.10 Å². The zero-order valence-corrected chi connectivity index (χ0v) is 15.8. The van der Waals surface area contributed by atoms with E-state index >= 15 is 0 Å². The van der Waals surface area contributed by atoms with Gasteiger partial charge in [0.05, 0.1) is 30.2 Å². The van der Waals surface area contributed by atoms with Gasteiger partial charge in [0, 0.05) is 35.8 Å². The molecule has 0 unspecified atom stereocenters. The number of aromatic nitrogens is 3. The van der Waals surface area contributed by atoms with Gasteiger partial charge in [-0.2, -0.15) is 0 Å². The lowest BCUT2D eigenvalue weighted by molar-refractivity contribution is 0.0411. The fraction of sp³-hybridized carbons (Fsp3) is 0.217. The lowest BCUT2D eigenvalue weighted by Crippen LogP contribution is -2.29. The molecule has 0 aliphatic carbocycles. The van der Waals surface area contributed by atoms with E-state index in [2.05, 4.69) is 9.97 Å². The lowest BCUT2D eigenvalue weighted by atomic mass is 9.93. The van der Waals surface area contributed by atoms with Crippen LogP contribution in [-0.4, -0.2) is 26.2 Å². The van der Waals surface area contributed by atoms with Crippen LogP contribution in [0.1, 0.15) is 17.4 Å². The molecule has 6 heteroatoms. The van der Waals surface area contributed by atoms with E-state index in [9.17, 15) is 5.11 Å². The van der Waals surface area contributed by atoms with Crippen LogP contribution in [0.15, 0.2) is 73.3 Å². The van der Waals surface area contributed by atoms with E-state index in [1.807, 2.05) is 65.4 Å². The average Bonchev–Trinajstić information content (AvgIpc) is 3.27. The highest BCUT2D eigenvalue weighted by Crippen LogP contribution is 2.38. The van der Waals surface area contributed by atoms with Crippen LogP contribution in [0.4, 0.5) is 0 Å². The maximum Gasteiger partial charge on any atom is 0.130 e. The molecule has 29 heavy (non-hydrogen) atoms. The minimum atomic E-state index is -0.622. The number of rotatable bonds is 5. The highest BCUT2D eigenvalue weighted by molar-refractivity contribution is 5.78. The number of ether oxygens (including phenoxy) is 2. The average molecular weight is 387 g/mol. The van der Waals surface area contributed by atoms with Crippen molar-refractivity contribution in [1.29, 1.82) is 0 Å². The van der Waals surface area contributed by atoms with Crippen molar-refractivity contribution in [2.24, 2.45) is 5.92 Å². The van der Waals surface area contributed by atoms with Crippen LogP contribution in [0.25, 0.3) is 10.9 Å². The minimum absolute atomic E-state index is 0.0471. The number of imidazole rings is 1. The van der Waals surface area contributed by atoms with Gasteiger partial charge in [-0.05, 0) is 30.3 Å². The molecule has 2 aromatic heterocycles. The van der Waals surface area contributed by atoms with Crippen molar-refractivity contribution in [3.05, 3.63) is 84.6 Å². The number of para-hydroxylation sites is 1. The van der Waals surface area contributed by atoms with Gasteiger partial charge in [0.15, 0.2) is 0 Å². The predicted molar refractivity (Wildman–Crippen MR) is 109 cm³/mol. The lowest BCUT2D eigenvalue weighted by Gasteiger charge is -2.30. The highest BCUT2D eigenvalue weighted by Gasteiger charge is 2.30. The summed E-state index contributed by atoms with van der Waals surface area (Å²) in [4.78, 5) is 8.70. The summed E-state index contributed by atoms with van der Waals surface area (Å²) >= 11 is 0. The molecule has 0 radical (unpaired) electrons. The molecule has 5 rings (SSSR count). The molecule has 0 saturated heterocycles. The van der Waals surface area contributed by atoms with Crippen molar-refractivity contribution < 1.29 is 14.6 Å². The Morgan fingerprint density at radius 3 is 2.97 bits per heavy atom. The monoisotopic (exact) mass is 387 g/mol. The van der Waals surface area contributed by atoms with Crippen molar-refractivity contribution in [3.63, 3.8) is 0 Å². The van der Waals surface area contributed by atoms with E-state index in [0.717, 1.165) is 22.2 Å². The molecule has 6 nitrogen and oxygen atoms in total. The zero-order valence-electron chi connectivity index (χ0n) is 15.8. The van der Waals surface area contributed by atoms with Gasteiger partial charge in [-0.3, -0.25) is 0 Å². The quantitative estimate of drug-likeness (QED) is 0.565. The van der Waals surface area contributed by atoms with E-state index in [0.29, 0.717) is 31.3 Å². The summed E-state index contributed by atoms with van der Waals surface area (Å²) in [5.41, 5.74) is 2.56. The summed E-state index contributed by atoms with van der Waals surface area (Å²) in [6, 6.07) is 17.6. The Morgan fingerprint density at radius 2 is 2.07 bits per heavy atom. The number of fused-ring (bicyclic) bond motifs is 2. The van der Waals surface area contributed by atoms with Crippen LogP contribution < -0.4 is 9.47 Å². The van der Waals surface area contributed by atoms with E-state index in [-0.39, 0.29) is 5.92 Å². The molecular weight excluding hydrogens is 366 g/mol. The molecule has 0 bridgehead atoms. The van der Waals surface area contributed by atoms with Crippen LogP contribution in [-0.2, 0) is 13.2 Å². The Labute approximate surface area is 168 Å². The molecule has 4 aromatic rings. The molecule has 2 atom stereocenters. The molecule has 2 aromatic carbocycles. The Balaban J connectivity index is 1.31. The Morgan fingerprint density at radius 1 is 1.14 bits per heavy atom. The highest BCUT2D eigenvalue weighted by atomic mass is 16.5. The number of hydrogen-bond acceptors (Lipinski definition) is 5. The van der Waals surface area contributed by atoms with Gasteiger partial charge in [-0.15, -0.1) is 0 Å². The van der Waals surface area contributed by atoms with Gasteiger partial charge in [-0.25, -0.2) is 9.97 Å². The van der Waals surface area contributed by atoms with Crippen LogP contribution >= 0.6 is 0 Å². The van der Waals surface area contributed by atoms with Crippen molar-refractivity contribution in [1.82, 2.24) is 14.5 Å². The second kappa shape index (κ2) is 7.56. The first-order valence-corrected chi connectivity index (χ1v) is 9.64. The second-order valence-corrected chi connectivity index (χ2v) is 7.26. The van der Waals surface area contributed by atoms with Crippen molar-refractivity contribution in [2.75, 3.05) is 6.61 Å². The fourth-order valence-corrected chi connectivity index (χ4v) is 3.68. The van der Waals surface area contributed by atoms with E-state index in [1.54, 1.807) is 12.5 Å². The maximum absolute atomic E-state index is 10.9. The molecular formula is C23H21N3O3. The fourth-order valence-electron chi connectivity index (χ4n) is 3.68. The van der Waals surface area contributed by atoms with Gasteiger partial charge in [0.25, 0.3) is 0 Å². The predicted octanol–water partition coefficient (Wildman–Crippen LogP) is 3.75. The number of aliphatic hydroxyl groups excluding tert-OH is 1. The first-order chi connectivity index (χ1) is 14.3. The summed E-state index contributed by atoms with van der Waals surface area (Å²) in [6.07, 6.45) is 4.75. The number of pyridine rings is 1. The number of aliphatic hydroxyl groups is 1. The smallest absolute Gasteiger partial charge is 0.130 e. The molecule has 1 aliphatic rings. The molecule has 0 amide bonds. The number of benzene rings is 2. The van der Waals surface area contributed by atoms with Crippen LogP contribution in [0.5, 0.6) is 11.5 Å². The summed E-state index contributed by atoms with van der Waals surface area (Å²) < 4.78 is 13.8. The molecule has 3 heterocycles. The largest absolute Gasteiger partial charge is 0.493 e. The van der Waals surface area contributed by atoms with Crippen molar-refractivity contribution in [2.45, 2.75) is 19.3 Å². The van der Waals surface area contributed by atoms with Crippen LogP contribution in [0.3, 0.4) is 0 Å². The normalized spacial score (nSPS) is 18.2. The van der Waals surface area contributed by atoms with Gasteiger partial charge >= 0.3 is 0 Å². The number of hydrogen-bond donors (Lipinski definition) is 1. The molecule has 1 N–H and O–H groups in total. The van der Waals surface area contributed by atoms with Crippen LogP contribution in [0, 0.1) is 5.92 Å². The Kier molecular flexibility index (Phi) is 4.62. The topological polar surface area (TPSA) is 69.4 Å². The molecule has 0 fully saturated rings. The summed E-state index contributed by atoms with van der Waals surface area (Å²) in [6.45, 7) is 1.47. The molecule has 0 spiro atoms. The van der Waals surface area contributed by atoms with E-state index in [1.165, 1.54) is 0 Å². The number of nitrogens with zero attached hydrogens (tertiary/aromatic N) is 3. The second-order valence-electron chi connectivity index (χ2n) is 7.26. The first kappa shape index (κ1) is 17.7. The molecule has 146 valence electrons.